The van der Waals surface area contributed by atoms with Crippen LogP contribution in [0.15, 0.2) is 41.3 Å². The SMILES string of the molecule is CCCCCCCCC=CCCCCCCCC(=O)Nc1cccc(S(=O)(=O)O)c1. The van der Waals surface area contributed by atoms with Crippen LogP contribution in [0.3, 0.4) is 0 Å². The molecule has 0 aliphatic carbocycles. The molecule has 0 aliphatic heterocycles. The molecule has 1 rings (SSSR count). The first kappa shape index (κ1) is 26.4. The van der Waals surface area contributed by atoms with Gasteiger partial charge in [0.25, 0.3) is 10.1 Å². The summed E-state index contributed by atoms with van der Waals surface area (Å²) in [5, 5.41) is 2.68. The van der Waals surface area contributed by atoms with Crippen molar-refractivity contribution in [3.63, 3.8) is 0 Å². The molecule has 0 saturated carbocycles. The highest BCUT2D eigenvalue weighted by Gasteiger charge is 2.10. The number of hydrogen-bond acceptors (Lipinski definition) is 3. The molecule has 0 atom stereocenters. The average molecular weight is 438 g/mol. The molecule has 5 nitrogen and oxygen atoms in total. The van der Waals surface area contributed by atoms with Gasteiger partial charge in [0.1, 0.15) is 0 Å². The largest absolute Gasteiger partial charge is 0.326 e. The molecular formula is C24H39NO4S. The number of amides is 1. The van der Waals surface area contributed by atoms with E-state index in [9.17, 15) is 13.2 Å². The van der Waals surface area contributed by atoms with Crippen LogP contribution in [0.25, 0.3) is 0 Å². The third kappa shape index (κ3) is 13.5. The predicted octanol–water partition coefficient (Wildman–Crippen LogP) is 6.91. The van der Waals surface area contributed by atoms with Crippen molar-refractivity contribution in [2.24, 2.45) is 0 Å². The van der Waals surface area contributed by atoms with Crippen LogP contribution in [0.2, 0.25) is 0 Å². The second-order valence-electron chi connectivity index (χ2n) is 7.89. The van der Waals surface area contributed by atoms with Gasteiger partial charge in [-0.1, -0.05) is 76.5 Å². The van der Waals surface area contributed by atoms with Crippen LogP contribution in [0.4, 0.5) is 5.69 Å². The Morgan fingerprint density at radius 1 is 0.900 bits per heavy atom. The van der Waals surface area contributed by atoms with Gasteiger partial charge < -0.3 is 5.32 Å². The van der Waals surface area contributed by atoms with Crippen LogP contribution in [0.5, 0.6) is 0 Å². The molecule has 0 fully saturated rings. The predicted molar refractivity (Wildman–Crippen MR) is 124 cm³/mol. The number of rotatable bonds is 17. The Morgan fingerprint density at radius 3 is 2.07 bits per heavy atom. The maximum Gasteiger partial charge on any atom is 0.294 e. The number of benzene rings is 1. The molecule has 0 spiro atoms. The Bertz CT molecular complexity index is 728. The van der Waals surface area contributed by atoms with Crippen LogP contribution in [0.1, 0.15) is 96.8 Å². The Labute approximate surface area is 183 Å². The summed E-state index contributed by atoms with van der Waals surface area (Å²) in [6.07, 6.45) is 20.8. The second kappa shape index (κ2) is 16.1. The van der Waals surface area contributed by atoms with Crippen LogP contribution in [-0.4, -0.2) is 18.9 Å². The smallest absolute Gasteiger partial charge is 0.294 e. The molecule has 6 heteroatoms. The van der Waals surface area contributed by atoms with Crippen molar-refractivity contribution in [2.75, 3.05) is 5.32 Å². The first-order valence-electron chi connectivity index (χ1n) is 11.5. The first-order valence-corrected chi connectivity index (χ1v) is 12.9. The lowest BCUT2D eigenvalue weighted by Gasteiger charge is -2.06. The standard InChI is InChI=1S/C24H39NO4S/c1-2-3-4-5-6-7-8-9-10-11-12-13-14-15-16-20-24(26)25-22-18-17-19-23(21-22)30(27,28)29/h9-10,17-19,21H,2-8,11-16,20H2,1H3,(H,25,26)(H,27,28,29). The maximum atomic E-state index is 12.0. The fourth-order valence-electron chi connectivity index (χ4n) is 3.31. The minimum atomic E-state index is -4.26. The Kier molecular flexibility index (Phi) is 14.1. The van der Waals surface area contributed by atoms with E-state index in [2.05, 4.69) is 24.4 Å². The third-order valence-corrected chi connectivity index (χ3v) is 5.93. The molecular weight excluding hydrogens is 398 g/mol. The molecule has 0 aliphatic rings. The fourth-order valence-corrected chi connectivity index (χ4v) is 3.84. The van der Waals surface area contributed by atoms with E-state index in [0.29, 0.717) is 12.1 Å². The molecule has 1 aromatic rings. The Morgan fingerprint density at radius 2 is 1.47 bits per heavy atom. The first-order chi connectivity index (χ1) is 14.4. The molecule has 0 saturated heterocycles. The summed E-state index contributed by atoms with van der Waals surface area (Å²) in [6, 6.07) is 5.63. The van der Waals surface area contributed by atoms with E-state index in [1.807, 2.05) is 0 Å². The quantitative estimate of drug-likeness (QED) is 0.158. The zero-order valence-corrected chi connectivity index (χ0v) is 19.3. The molecule has 0 bridgehead atoms. The summed E-state index contributed by atoms with van der Waals surface area (Å²) in [7, 11) is -4.26. The van der Waals surface area contributed by atoms with E-state index >= 15 is 0 Å². The van der Waals surface area contributed by atoms with E-state index in [0.717, 1.165) is 25.7 Å². The molecule has 0 aromatic heterocycles. The summed E-state index contributed by atoms with van der Waals surface area (Å²) in [6.45, 7) is 2.25. The Balaban J connectivity index is 2.00. The van der Waals surface area contributed by atoms with Crippen molar-refractivity contribution in [1.82, 2.24) is 0 Å². The summed E-state index contributed by atoms with van der Waals surface area (Å²) in [4.78, 5) is 11.8. The number of unbranched alkanes of at least 4 members (excludes halogenated alkanes) is 11. The van der Waals surface area contributed by atoms with Crippen LogP contribution in [-0.2, 0) is 14.9 Å². The zero-order chi connectivity index (χ0) is 22.1. The fraction of sp³-hybridized carbons (Fsp3) is 0.625. The average Bonchev–Trinajstić information content (AvgIpc) is 2.70. The van der Waals surface area contributed by atoms with E-state index in [-0.39, 0.29) is 10.8 Å². The van der Waals surface area contributed by atoms with Gasteiger partial charge >= 0.3 is 0 Å². The van der Waals surface area contributed by atoms with Crippen LogP contribution >= 0.6 is 0 Å². The van der Waals surface area contributed by atoms with Gasteiger partial charge in [-0.3, -0.25) is 9.35 Å². The maximum absolute atomic E-state index is 12.0. The highest BCUT2D eigenvalue weighted by molar-refractivity contribution is 7.85. The van der Waals surface area contributed by atoms with Gasteiger partial charge in [0.2, 0.25) is 5.91 Å². The second-order valence-corrected chi connectivity index (χ2v) is 9.31. The monoisotopic (exact) mass is 437 g/mol. The number of hydrogen-bond donors (Lipinski definition) is 2. The summed E-state index contributed by atoms with van der Waals surface area (Å²) in [5.41, 5.74) is 0.378. The van der Waals surface area contributed by atoms with E-state index in [1.54, 1.807) is 6.07 Å². The summed E-state index contributed by atoms with van der Waals surface area (Å²) < 4.78 is 31.3. The van der Waals surface area contributed by atoms with Crippen LogP contribution in [0, 0.1) is 0 Å². The van der Waals surface area contributed by atoms with Gasteiger partial charge in [-0.2, -0.15) is 8.42 Å². The molecule has 0 unspecified atom stereocenters. The molecule has 0 heterocycles. The van der Waals surface area contributed by atoms with Crippen molar-refractivity contribution in [3.05, 3.63) is 36.4 Å². The number of nitrogens with one attached hydrogen (secondary N) is 1. The zero-order valence-electron chi connectivity index (χ0n) is 18.4. The normalized spacial score (nSPS) is 11.8. The topological polar surface area (TPSA) is 83.5 Å². The lowest BCUT2D eigenvalue weighted by atomic mass is 10.1. The van der Waals surface area contributed by atoms with E-state index in [4.69, 9.17) is 4.55 Å². The third-order valence-electron chi connectivity index (χ3n) is 5.08. The number of carbonyl (C=O) groups is 1. The lowest BCUT2D eigenvalue weighted by molar-refractivity contribution is -0.116. The molecule has 0 radical (unpaired) electrons. The minimum Gasteiger partial charge on any atom is -0.326 e. The number of allylic oxidation sites excluding steroid dienone is 2. The highest BCUT2D eigenvalue weighted by Crippen LogP contribution is 2.16. The molecule has 2 N–H and O–H groups in total. The number of carbonyl (C=O) groups excluding carboxylic acids is 1. The van der Waals surface area contributed by atoms with Gasteiger partial charge in [-0.15, -0.1) is 0 Å². The van der Waals surface area contributed by atoms with Crippen molar-refractivity contribution in [3.8, 4) is 0 Å². The van der Waals surface area contributed by atoms with Crippen LogP contribution < -0.4 is 5.32 Å². The van der Waals surface area contributed by atoms with Crippen molar-refractivity contribution >= 4 is 21.7 Å². The summed E-state index contributed by atoms with van der Waals surface area (Å²) >= 11 is 0. The number of anilines is 1. The summed E-state index contributed by atoms with van der Waals surface area (Å²) in [5.74, 6) is -0.139. The highest BCUT2D eigenvalue weighted by atomic mass is 32.2. The van der Waals surface area contributed by atoms with Gasteiger partial charge in [0.15, 0.2) is 0 Å². The van der Waals surface area contributed by atoms with Gasteiger partial charge in [0.05, 0.1) is 4.90 Å². The van der Waals surface area contributed by atoms with E-state index < -0.39 is 10.1 Å². The van der Waals surface area contributed by atoms with Crippen molar-refractivity contribution < 1.29 is 17.8 Å². The molecule has 1 aromatic carbocycles. The molecule has 1 amide bonds. The molecule has 170 valence electrons. The molecule has 30 heavy (non-hydrogen) atoms. The van der Waals surface area contributed by atoms with Gasteiger partial charge in [0, 0.05) is 12.1 Å². The van der Waals surface area contributed by atoms with Crippen molar-refractivity contribution in [2.45, 2.75) is 102 Å². The lowest BCUT2D eigenvalue weighted by Crippen LogP contribution is -2.11. The van der Waals surface area contributed by atoms with Gasteiger partial charge in [-0.05, 0) is 50.3 Å². The minimum absolute atomic E-state index is 0.139. The van der Waals surface area contributed by atoms with Crippen molar-refractivity contribution in [1.29, 1.82) is 0 Å². The Hall–Kier alpha value is -1.66. The van der Waals surface area contributed by atoms with Gasteiger partial charge in [-0.25, -0.2) is 0 Å². The van der Waals surface area contributed by atoms with E-state index in [1.165, 1.54) is 76.0 Å².